The Balaban J connectivity index is 1.72. The second kappa shape index (κ2) is 8.08. The largest absolute Gasteiger partial charge is 0.449 e. The van der Waals surface area contributed by atoms with Crippen molar-refractivity contribution >= 4 is 28.5 Å². The molecule has 6 nitrogen and oxygen atoms in total. The third-order valence-corrected chi connectivity index (χ3v) is 4.47. The predicted molar refractivity (Wildman–Crippen MR) is 109 cm³/mol. The first-order valence-electron chi connectivity index (χ1n) is 9.09. The summed E-state index contributed by atoms with van der Waals surface area (Å²) >= 11 is 0. The lowest BCUT2D eigenvalue weighted by Gasteiger charge is -2.15. The van der Waals surface area contributed by atoms with Gasteiger partial charge in [0.2, 0.25) is 5.56 Å². The number of carbonyl (C=O) groups is 2. The maximum atomic E-state index is 12.5. The Morgan fingerprint density at radius 3 is 2.36 bits per heavy atom. The third-order valence-electron chi connectivity index (χ3n) is 4.47. The molecule has 1 heterocycles. The van der Waals surface area contributed by atoms with Crippen LogP contribution in [-0.4, -0.2) is 23.0 Å². The number of anilines is 1. The van der Waals surface area contributed by atoms with Gasteiger partial charge in [-0.25, -0.2) is 4.79 Å². The summed E-state index contributed by atoms with van der Waals surface area (Å²) in [7, 11) is 0. The molecule has 0 fully saturated rings. The van der Waals surface area contributed by atoms with E-state index in [-0.39, 0.29) is 5.56 Å². The van der Waals surface area contributed by atoms with Crippen LogP contribution in [0.5, 0.6) is 0 Å². The van der Waals surface area contributed by atoms with Gasteiger partial charge in [0, 0.05) is 22.7 Å². The molecule has 1 amide bonds. The van der Waals surface area contributed by atoms with Crippen LogP contribution in [0.25, 0.3) is 10.9 Å². The van der Waals surface area contributed by atoms with Gasteiger partial charge >= 0.3 is 5.97 Å². The smallest absolute Gasteiger partial charge is 0.339 e. The van der Waals surface area contributed by atoms with Crippen molar-refractivity contribution in [3.8, 4) is 0 Å². The number of ether oxygens (including phenoxy) is 1. The van der Waals surface area contributed by atoms with Crippen molar-refractivity contribution in [2.75, 3.05) is 5.32 Å². The van der Waals surface area contributed by atoms with Gasteiger partial charge in [-0.3, -0.25) is 9.59 Å². The summed E-state index contributed by atoms with van der Waals surface area (Å²) in [5.41, 5.74) is 2.04. The van der Waals surface area contributed by atoms with E-state index < -0.39 is 23.5 Å². The molecule has 0 bridgehead atoms. The topological polar surface area (TPSA) is 88.3 Å². The summed E-state index contributed by atoms with van der Waals surface area (Å²) in [6.07, 6.45) is -1.02. The minimum absolute atomic E-state index is 0.125. The number of fused-ring (bicyclic) bond motifs is 1. The van der Waals surface area contributed by atoms with Crippen LogP contribution in [-0.2, 0) is 9.53 Å². The lowest BCUT2D eigenvalue weighted by Crippen LogP contribution is -2.30. The fourth-order valence-electron chi connectivity index (χ4n) is 2.85. The standard InChI is InChI=1S/C22H22N2O4/c1-13(2)15-8-10-16(11-9-15)23-21(26)14(3)28-22(27)18-12-20(25)24-19-7-5-4-6-17(18)19/h4-14H,1-3H3,(H,23,26)(H,24,25). The number of rotatable bonds is 5. The number of amides is 1. The highest BCUT2D eigenvalue weighted by Gasteiger charge is 2.21. The molecule has 0 aliphatic rings. The number of esters is 1. The zero-order valence-corrected chi connectivity index (χ0v) is 16.0. The fraction of sp³-hybridized carbons (Fsp3) is 0.227. The molecular weight excluding hydrogens is 356 g/mol. The Morgan fingerprint density at radius 2 is 1.68 bits per heavy atom. The van der Waals surface area contributed by atoms with E-state index in [1.807, 2.05) is 24.3 Å². The third kappa shape index (κ3) is 4.28. The van der Waals surface area contributed by atoms with Gasteiger partial charge in [-0.2, -0.15) is 0 Å². The molecule has 6 heteroatoms. The van der Waals surface area contributed by atoms with Crippen molar-refractivity contribution in [2.24, 2.45) is 0 Å². The van der Waals surface area contributed by atoms with Crippen molar-refractivity contribution in [1.82, 2.24) is 4.98 Å². The SMILES string of the molecule is CC(OC(=O)c1cc(=O)[nH]c2ccccc12)C(=O)Nc1ccc(C(C)C)cc1. The van der Waals surface area contributed by atoms with Crippen molar-refractivity contribution < 1.29 is 14.3 Å². The highest BCUT2D eigenvalue weighted by Crippen LogP contribution is 2.18. The Hall–Kier alpha value is -3.41. The zero-order valence-electron chi connectivity index (χ0n) is 16.0. The first-order chi connectivity index (χ1) is 13.3. The quantitative estimate of drug-likeness (QED) is 0.661. The Labute approximate surface area is 162 Å². The lowest BCUT2D eigenvalue weighted by atomic mass is 10.0. The van der Waals surface area contributed by atoms with E-state index in [4.69, 9.17) is 4.74 Å². The monoisotopic (exact) mass is 378 g/mol. The van der Waals surface area contributed by atoms with Crippen molar-refractivity contribution in [3.05, 3.63) is 76.1 Å². The fourth-order valence-corrected chi connectivity index (χ4v) is 2.85. The van der Waals surface area contributed by atoms with E-state index in [1.165, 1.54) is 18.6 Å². The minimum Gasteiger partial charge on any atom is -0.449 e. The van der Waals surface area contributed by atoms with Crippen molar-refractivity contribution in [2.45, 2.75) is 32.8 Å². The number of nitrogens with one attached hydrogen (secondary N) is 2. The van der Waals surface area contributed by atoms with Gasteiger partial charge in [-0.1, -0.05) is 44.2 Å². The maximum absolute atomic E-state index is 12.5. The molecule has 1 aromatic heterocycles. The van der Waals surface area contributed by atoms with E-state index in [2.05, 4.69) is 24.1 Å². The molecule has 1 unspecified atom stereocenters. The Morgan fingerprint density at radius 1 is 1.00 bits per heavy atom. The molecule has 28 heavy (non-hydrogen) atoms. The van der Waals surface area contributed by atoms with Crippen molar-refractivity contribution in [1.29, 1.82) is 0 Å². The molecule has 0 spiro atoms. The van der Waals surface area contributed by atoms with Gasteiger partial charge in [0.15, 0.2) is 6.10 Å². The summed E-state index contributed by atoms with van der Waals surface area (Å²) in [4.78, 5) is 39.4. The van der Waals surface area contributed by atoms with E-state index in [0.29, 0.717) is 22.5 Å². The normalized spacial score (nSPS) is 12.0. The molecule has 144 valence electrons. The molecule has 0 aliphatic carbocycles. The molecule has 0 radical (unpaired) electrons. The summed E-state index contributed by atoms with van der Waals surface area (Å²) in [5.74, 6) is -0.770. The average Bonchev–Trinajstić information content (AvgIpc) is 2.67. The molecule has 0 saturated carbocycles. The van der Waals surface area contributed by atoms with Crippen LogP contribution in [0.15, 0.2) is 59.4 Å². The summed E-state index contributed by atoms with van der Waals surface area (Å²) < 4.78 is 5.29. The first kappa shape index (κ1) is 19.4. The molecule has 2 N–H and O–H groups in total. The van der Waals surface area contributed by atoms with Crippen LogP contribution < -0.4 is 10.9 Å². The molecule has 2 aromatic carbocycles. The maximum Gasteiger partial charge on any atom is 0.339 e. The molecular formula is C22H22N2O4. The number of benzene rings is 2. The molecule has 3 rings (SSSR count). The Kier molecular flexibility index (Phi) is 5.59. The molecule has 0 saturated heterocycles. The molecule has 1 atom stereocenters. The lowest BCUT2D eigenvalue weighted by molar-refractivity contribution is -0.123. The van der Waals surface area contributed by atoms with Gasteiger partial charge in [0.1, 0.15) is 0 Å². The number of aromatic nitrogens is 1. The molecule has 0 aliphatic heterocycles. The minimum atomic E-state index is -1.02. The summed E-state index contributed by atoms with van der Waals surface area (Å²) in [6, 6.07) is 15.6. The van der Waals surface area contributed by atoms with Crippen LogP contribution >= 0.6 is 0 Å². The van der Waals surface area contributed by atoms with Crippen LogP contribution in [0.1, 0.15) is 42.6 Å². The number of hydrogen-bond acceptors (Lipinski definition) is 4. The first-order valence-corrected chi connectivity index (χ1v) is 9.09. The van der Waals surface area contributed by atoms with E-state index in [9.17, 15) is 14.4 Å². The molecule has 3 aromatic rings. The second-order valence-corrected chi connectivity index (χ2v) is 6.91. The van der Waals surface area contributed by atoms with Crippen LogP contribution in [0.3, 0.4) is 0 Å². The predicted octanol–water partition coefficient (Wildman–Crippen LogP) is 3.84. The summed E-state index contributed by atoms with van der Waals surface area (Å²) in [6.45, 7) is 5.67. The van der Waals surface area contributed by atoms with Crippen molar-refractivity contribution in [3.63, 3.8) is 0 Å². The second-order valence-electron chi connectivity index (χ2n) is 6.91. The van der Waals surface area contributed by atoms with E-state index in [0.717, 1.165) is 0 Å². The van der Waals surface area contributed by atoms with Crippen LogP contribution in [0, 0.1) is 0 Å². The highest BCUT2D eigenvalue weighted by molar-refractivity contribution is 6.04. The Bertz CT molecular complexity index is 1070. The number of hydrogen-bond donors (Lipinski definition) is 2. The van der Waals surface area contributed by atoms with E-state index >= 15 is 0 Å². The number of pyridine rings is 1. The summed E-state index contributed by atoms with van der Waals surface area (Å²) in [5, 5.41) is 3.29. The van der Waals surface area contributed by atoms with Gasteiger partial charge in [-0.15, -0.1) is 0 Å². The van der Waals surface area contributed by atoms with Crippen LogP contribution in [0.2, 0.25) is 0 Å². The van der Waals surface area contributed by atoms with Gasteiger partial charge in [-0.05, 0) is 36.6 Å². The average molecular weight is 378 g/mol. The number of H-pyrrole nitrogens is 1. The number of para-hydroxylation sites is 1. The number of aromatic amines is 1. The highest BCUT2D eigenvalue weighted by atomic mass is 16.5. The zero-order chi connectivity index (χ0) is 20.3. The van der Waals surface area contributed by atoms with Gasteiger partial charge in [0.25, 0.3) is 5.91 Å². The van der Waals surface area contributed by atoms with E-state index in [1.54, 1.807) is 24.3 Å². The van der Waals surface area contributed by atoms with Gasteiger partial charge in [0.05, 0.1) is 5.56 Å². The number of carbonyl (C=O) groups excluding carboxylic acids is 2. The van der Waals surface area contributed by atoms with Gasteiger partial charge < -0.3 is 15.0 Å². The van der Waals surface area contributed by atoms with Crippen LogP contribution in [0.4, 0.5) is 5.69 Å².